The number of ketones is 1. The summed E-state index contributed by atoms with van der Waals surface area (Å²) in [6.07, 6.45) is 0. The fourth-order valence-electron chi connectivity index (χ4n) is 1.81. The Morgan fingerprint density at radius 3 is 2.63 bits per heavy atom. The van der Waals surface area contributed by atoms with E-state index < -0.39 is 0 Å². The minimum absolute atomic E-state index is 0.00115. The van der Waals surface area contributed by atoms with Gasteiger partial charge in [0.25, 0.3) is 0 Å². The third-order valence-corrected chi connectivity index (χ3v) is 2.79. The van der Waals surface area contributed by atoms with E-state index in [4.69, 9.17) is 9.47 Å². The first-order valence-corrected chi connectivity index (χ1v) is 6.06. The topological polar surface area (TPSA) is 35.5 Å². The number of hydrogen-bond acceptors (Lipinski definition) is 3. The standard InChI is InChI=1S/C16H16O3/c1-12(17)15-8-3-4-9-16(15)19-11-13-6-5-7-14(10-13)18-2/h3-10H,11H2,1-2H3. The van der Waals surface area contributed by atoms with Crippen LogP contribution in [0.2, 0.25) is 0 Å². The van der Waals surface area contributed by atoms with Crippen molar-refractivity contribution in [3.05, 3.63) is 59.7 Å². The van der Waals surface area contributed by atoms with Gasteiger partial charge in [0.05, 0.1) is 12.7 Å². The Bertz CT molecular complexity index is 576. The molecule has 0 fully saturated rings. The van der Waals surface area contributed by atoms with E-state index in [9.17, 15) is 4.79 Å². The van der Waals surface area contributed by atoms with Gasteiger partial charge >= 0.3 is 0 Å². The summed E-state index contributed by atoms with van der Waals surface area (Å²) in [6, 6.07) is 14.9. The van der Waals surface area contributed by atoms with E-state index in [1.54, 1.807) is 19.2 Å². The van der Waals surface area contributed by atoms with Gasteiger partial charge in [-0.05, 0) is 36.8 Å². The Kier molecular flexibility index (Phi) is 4.18. The number of rotatable bonds is 5. The summed E-state index contributed by atoms with van der Waals surface area (Å²) in [6.45, 7) is 1.94. The molecule has 0 atom stereocenters. The van der Waals surface area contributed by atoms with Gasteiger partial charge in [-0.3, -0.25) is 4.79 Å². The SMILES string of the molecule is COc1cccc(COc2ccccc2C(C)=O)c1. The lowest BCUT2D eigenvalue weighted by molar-refractivity contribution is 0.101. The van der Waals surface area contributed by atoms with Crippen LogP contribution in [0.4, 0.5) is 0 Å². The molecule has 0 saturated carbocycles. The van der Waals surface area contributed by atoms with Crippen LogP contribution >= 0.6 is 0 Å². The highest BCUT2D eigenvalue weighted by molar-refractivity contribution is 5.96. The van der Waals surface area contributed by atoms with E-state index in [0.29, 0.717) is 17.9 Å². The number of ether oxygens (including phenoxy) is 2. The first-order chi connectivity index (χ1) is 9.20. The average molecular weight is 256 g/mol. The van der Waals surface area contributed by atoms with Crippen molar-refractivity contribution < 1.29 is 14.3 Å². The molecule has 0 amide bonds. The maximum atomic E-state index is 11.5. The molecule has 19 heavy (non-hydrogen) atoms. The van der Waals surface area contributed by atoms with Crippen LogP contribution in [0.5, 0.6) is 11.5 Å². The second kappa shape index (κ2) is 6.05. The van der Waals surface area contributed by atoms with Gasteiger partial charge in [0.1, 0.15) is 18.1 Å². The van der Waals surface area contributed by atoms with Gasteiger partial charge in [-0.2, -0.15) is 0 Å². The number of carbonyl (C=O) groups excluding carboxylic acids is 1. The van der Waals surface area contributed by atoms with E-state index in [1.807, 2.05) is 36.4 Å². The summed E-state index contributed by atoms with van der Waals surface area (Å²) in [5, 5.41) is 0. The van der Waals surface area contributed by atoms with Crippen LogP contribution < -0.4 is 9.47 Å². The van der Waals surface area contributed by atoms with Crippen LogP contribution in [0.1, 0.15) is 22.8 Å². The van der Waals surface area contributed by atoms with Gasteiger partial charge in [-0.15, -0.1) is 0 Å². The minimum atomic E-state index is 0.00115. The molecule has 0 spiro atoms. The third-order valence-electron chi connectivity index (χ3n) is 2.79. The fraction of sp³-hybridized carbons (Fsp3) is 0.188. The van der Waals surface area contributed by atoms with Gasteiger partial charge in [0.15, 0.2) is 5.78 Å². The second-order valence-electron chi connectivity index (χ2n) is 4.19. The quantitative estimate of drug-likeness (QED) is 0.768. The molecule has 0 radical (unpaired) electrons. The van der Waals surface area contributed by atoms with Crippen molar-refractivity contribution in [3.63, 3.8) is 0 Å². The summed E-state index contributed by atoms with van der Waals surface area (Å²) in [4.78, 5) is 11.5. The first kappa shape index (κ1) is 13.1. The Hall–Kier alpha value is -2.29. The zero-order valence-electron chi connectivity index (χ0n) is 11.1. The summed E-state index contributed by atoms with van der Waals surface area (Å²) in [7, 11) is 1.63. The summed E-state index contributed by atoms with van der Waals surface area (Å²) >= 11 is 0. The Labute approximate surface area is 112 Å². The highest BCUT2D eigenvalue weighted by atomic mass is 16.5. The van der Waals surface area contributed by atoms with Gasteiger partial charge < -0.3 is 9.47 Å². The summed E-state index contributed by atoms with van der Waals surface area (Å²) in [5.41, 5.74) is 1.60. The lowest BCUT2D eigenvalue weighted by atomic mass is 10.1. The third kappa shape index (κ3) is 3.35. The lowest BCUT2D eigenvalue weighted by Crippen LogP contribution is -2.01. The van der Waals surface area contributed by atoms with Crippen LogP contribution in [-0.2, 0) is 6.61 Å². The molecule has 3 nitrogen and oxygen atoms in total. The van der Waals surface area contributed by atoms with Gasteiger partial charge in [-0.1, -0.05) is 24.3 Å². The number of carbonyl (C=O) groups is 1. The molecule has 0 saturated heterocycles. The molecule has 0 aromatic heterocycles. The Balaban J connectivity index is 2.12. The van der Waals surface area contributed by atoms with Crippen molar-refractivity contribution in [1.29, 1.82) is 0 Å². The summed E-state index contributed by atoms with van der Waals surface area (Å²) < 4.78 is 10.9. The van der Waals surface area contributed by atoms with Crippen LogP contribution in [0.3, 0.4) is 0 Å². The number of benzene rings is 2. The van der Waals surface area contributed by atoms with Crippen molar-refractivity contribution in [2.24, 2.45) is 0 Å². The molecule has 2 aromatic carbocycles. The molecule has 3 heteroatoms. The van der Waals surface area contributed by atoms with Gasteiger partial charge in [0.2, 0.25) is 0 Å². The van der Waals surface area contributed by atoms with E-state index in [-0.39, 0.29) is 5.78 Å². The normalized spacial score (nSPS) is 10.0. The molecule has 2 aromatic rings. The van der Waals surface area contributed by atoms with Crippen LogP contribution in [0, 0.1) is 0 Å². The second-order valence-corrected chi connectivity index (χ2v) is 4.19. The highest BCUT2D eigenvalue weighted by Crippen LogP contribution is 2.20. The minimum Gasteiger partial charge on any atom is -0.497 e. The van der Waals surface area contributed by atoms with E-state index in [2.05, 4.69) is 0 Å². The smallest absolute Gasteiger partial charge is 0.163 e. The van der Waals surface area contributed by atoms with Crippen LogP contribution in [0.25, 0.3) is 0 Å². The number of Topliss-reactive ketones (excluding diaryl/α,β-unsaturated/α-hetero) is 1. The van der Waals surface area contributed by atoms with Crippen molar-refractivity contribution in [1.82, 2.24) is 0 Å². The molecule has 0 aliphatic carbocycles. The maximum Gasteiger partial charge on any atom is 0.163 e. The van der Waals surface area contributed by atoms with Crippen molar-refractivity contribution in [2.75, 3.05) is 7.11 Å². The Morgan fingerprint density at radius 2 is 1.89 bits per heavy atom. The zero-order valence-corrected chi connectivity index (χ0v) is 11.1. The molecule has 0 heterocycles. The van der Waals surface area contributed by atoms with Gasteiger partial charge in [0, 0.05) is 0 Å². The van der Waals surface area contributed by atoms with E-state index >= 15 is 0 Å². The van der Waals surface area contributed by atoms with Crippen molar-refractivity contribution in [2.45, 2.75) is 13.5 Å². The van der Waals surface area contributed by atoms with Crippen molar-refractivity contribution in [3.8, 4) is 11.5 Å². The summed E-state index contributed by atoms with van der Waals surface area (Å²) in [5.74, 6) is 1.40. The number of para-hydroxylation sites is 1. The van der Waals surface area contributed by atoms with Crippen LogP contribution in [-0.4, -0.2) is 12.9 Å². The molecule has 2 rings (SSSR count). The number of hydrogen-bond donors (Lipinski definition) is 0. The lowest BCUT2D eigenvalue weighted by Gasteiger charge is -2.10. The predicted octanol–water partition coefficient (Wildman–Crippen LogP) is 3.48. The van der Waals surface area contributed by atoms with E-state index in [0.717, 1.165) is 11.3 Å². The molecule has 0 bridgehead atoms. The van der Waals surface area contributed by atoms with Crippen LogP contribution in [0.15, 0.2) is 48.5 Å². The first-order valence-electron chi connectivity index (χ1n) is 6.06. The largest absolute Gasteiger partial charge is 0.497 e. The predicted molar refractivity (Wildman–Crippen MR) is 73.8 cm³/mol. The highest BCUT2D eigenvalue weighted by Gasteiger charge is 2.07. The van der Waals surface area contributed by atoms with E-state index in [1.165, 1.54) is 6.92 Å². The van der Waals surface area contributed by atoms with Crippen molar-refractivity contribution >= 4 is 5.78 Å². The molecule has 0 N–H and O–H groups in total. The molecule has 0 aliphatic rings. The molecule has 98 valence electrons. The fourth-order valence-corrected chi connectivity index (χ4v) is 1.81. The monoisotopic (exact) mass is 256 g/mol. The average Bonchev–Trinajstić information content (AvgIpc) is 2.45. The Morgan fingerprint density at radius 1 is 1.11 bits per heavy atom. The van der Waals surface area contributed by atoms with Gasteiger partial charge in [-0.25, -0.2) is 0 Å². The molecule has 0 unspecified atom stereocenters. The molecule has 0 aliphatic heterocycles. The molecular weight excluding hydrogens is 240 g/mol. The number of methoxy groups -OCH3 is 1. The molecular formula is C16H16O3. The zero-order chi connectivity index (χ0) is 13.7. The maximum absolute atomic E-state index is 11.5.